The maximum Gasteiger partial charge on any atom is 0.253 e. The van der Waals surface area contributed by atoms with Gasteiger partial charge in [-0.15, -0.1) is 0 Å². The van der Waals surface area contributed by atoms with Gasteiger partial charge in [0.2, 0.25) is 10.0 Å². The number of aromatic nitrogens is 1. The minimum absolute atomic E-state index is 0.0606. The number of nitrogens with one attached hydrogen (secondary N) is 2. The van der Waals surface area contributed by atoms with Gasteiger partial charge in [0.05, 0.1) is 6.26 Å². The third-order valence-corrected chi connectivity index (χ3v) is 5.86. The summed E-state index contributed by atoms with van der Waals surface area (Å²) in [7, 11) is -3.37. The number of piperidine rings is 1. The van der Waals surface area contributed by atoms with E-state index in [-0.39, 0.29) is 5.91 Å². The lowest BCUT2D eigenvalue weighted by Gasteiger charge is -2.32. The first-order valence-corrected chi connectivity index (χ1v) is 11.2. The minimum Gasteiger partial charge on any atom is -0.361 e. The summed E-state index contributed by atoms with van der Waals surface area (Å²) in [4.78, 5) is 18.1. The smallest absolute Gasteiger partial charge is 0.253 e. The largest absolute Gasteiger partial charge is 0.361 e. The SMILES string of the molecule is CS(=O)(=O)Nc1cccc(C(=O)N2CCC(c3c[nH]c4ccccc34)CC2)c1. The summed E-state index contributed by atoms with van der Waals surface area (Å²) in [6.07, 6.45) is 5.01. The molecule has 3 aromatic rings. The molecule has 1 aromatic heterocycles. The van der Waals surface area contributed by atoms with Gasteiger partial charge in [-0.2, -0.15) is 0 Å². The third-order valence-electron chi connectivity index (χ3n) is 5.26. The van der Waals surface area contributed by atoms with Crippen LogP contribution in [0, 0.1) is 0 Å². The molecule has 2 aromatic carbocycles. The molecule has 2 heterocycles. The molecule has 146 valence electrons. The van der Waals surface area contributed by atoms with E-state index in [9.17, 15) is 13.2 Å². The fourth-order valence-electron chi connectivity index (χ4n) is 3.94. The van der Waals surface area contributed by atoms with Gasteiger partial charge in [-0.1, -0.05) is 24.3 Å². The van der Waals surface area contributed by atoms with Crippen LogP contribution in [-0.2, 0) is 10.0 Å². The number of sulfonamides is 1. The number of carbonyl (C=O) groups is 1. The summed E-state index contributed by atoms with van der Waals surface area (Å²) in [5.41, 5.74) is 3.37. The van der Waals surface area contributed by atoms with Crippen molar-refractivity contribution in [2.24, 2.45) is 0 Å². The third kappa shape index (κ3) is 3.89. The van der Waals surface area contributed by atoms with Crippen molar-refractivity contribution in [1.29, 1.82) is 0 Å². The summed E-state index contributed by atoms with van der Waals surface area (Å²) < 4.78 is 25.3. The summed E-state index contributed by atoms with van der Waals surface area (Å²) in [5, 5.41) is 1.26. The van der Waals surface area contributed by atoms with Crippen molar-refractivity contribution in [3.63, 3.8) is 0 Å². The first kappa shape index (κ1) is 18.6. The topological polar surface area (TPSA) is 82.3 Å². The van der Waals surface area contributed by atoms with Crippen LogP contribution >= 0.6 is 0 Å². The Morgan fingerprint density at radius 2 is 1.86 bits per heavy atom. The van der Waals surface area contributed by atoms with Gasteiger partial charge in [-0.05, 0) is 48.6 Å². The van der Waals surface area contributed by atoms with Gasteiger partial charge >= 0.3 is 0 Å². The Morgan fingerprint density at radius 1 is 1.11 bits per heavy atom. The Balaban J connectivity index is 1.45. The molecule has 4 rings (SSSR count). The highest BCUT2D eigenvalue weighted by Gasteiger charge is 2.26. The predicted octanol–water partition coefficient (Wildman–Crippen LogP) is 3.56. The second-order valence-electron chi connectivity index (χ2n) is 7.31. The van der Waals surface area contributed by atoms with Crippen LogP contribution in [0.15, 0.2) is 54.7 Å². The van der Waals surface area contributed by atoms with Gasteiger partial charge in [-0.3, -0.25) is 9.52 Å². The van der Waals surface area contributed by atoms with E-state index in [0.717, 1.165) is 24.6 Å². The van der Waals surface area contributed by atoms with Gasteiger partial charge in [0.15, 0.2) is 0 Å². The number of aromatic amines is 1. The maximum atomic E-state index is 12.9. The number of H-pyrrole nitrogens is 1. The maximum absolute atomic E-state index is 12.9. The molecule has 0 unspecified atom stereocenters. The van der Waals surface area contributed by atoms with Gasteiger partial charge in [0.1, 0.15) is 0 Å². The number of fused-ring (bicyclic) bond motifs is 1. The molecule has 1 fully saturated rings. The molecule has 1 amide bonds. The first-order chi connectivity index (χ1) is 13.4. The van der Waals surface area contributed by atoms with Gasteiger partial charge in [-0.25, -0.2) is 8.42 Å². The van der Waals surface area contributed by atoms with Crippen molar-refractivity contribution in [2.45, 2.75) is 18.8 Å². The van der Waals surface area contributed by atoms with Gasteiger partial charge in [0.25, 0.3) is 5.91 Å². The van der Waals surface area contributed by atoms with Crippen molar-refractivity contribution in [3.8, 4) is 0 Å². The number of hydrogen-bond acceptors (Lipinski definition) is 3. The fraction of sp³-hybridized carbons (Fsp3) is 0.286. The summed E-state index contributed by atoms with van der Waals surface area (Å²) >= 11 is 0. The molecule has 7 heteroatoms. The van der Waals surface area contributed by atoms with Crippen LogP contribution in [-0.4, -0.2) is 43.6 Å². The molecule has 28 heavy (non-hydrogen) atoms. The van der Waals surface area contributed by atoms with Crippen LogP contribution in [0.3, 0.4) is 0 Å². The van der Waals surface area contributed by atoms with Crippen molar-refractivity contribution in [3.05, 3.63) is 65.9 Å². The van der Waals surface area contributed by atoms with Gasteiger partial charge < -0.3 is 9.88 Å². The van der Waals surface area contributed by atoms with E-state index >= 15 is 0 Å². The molecule has 0 radical (unpaired) electrons. The van der Waals surface area contributed by atoms with Crippen molar-refractivity contribution < 1.29 is 13.2 Å². The molecule has 0 bridgehead atoms. The molecule has 2 N–H and O–H groups in total. The fourth-order valence-corrected chi connectivity index (χ4v) is 4.49. The average molecular weight is 398 g/mol. The lowest BCUT2D eigenvalue weighted by molar-refractivity contribution is 0.0713. The van der Waals surface area contributed by atoms with Crippen LogP contribution in [0.1, 0.15) is 34.7 Å². The summed E-state index contributed by atoms with van der Waals surface area (Å²) in [6.45, 7) is 1.37. The monoisotopic (exact) mass is 397 g/mol. The van der Waals surface area contributed by atoms with E-state index in [0.29, 0.717) is 30.3 Å². The van der Waals surface area contributed by atoms with E-state index in [2.05, 4.69) is 34.1 Å². The van der Waals surface area contributed by atoms with E-state index in [1.165, 1.54) is 10.9 Å². The zero-order valence-electron chi connectivity index (χ0n) is 15.7. The number of anilines is 1. The quantitative estimate of drug-likeness (QED) is 0.706. The van der Waals surface area contributed by atoms with Crippen molar-refractivity contribution in [2.75, 3.05) is 24.1 Å². The lowest BCUT2D eigenvalue weighted by Crippen LogP contribution is -2.37. The predicted molar refractivity (Wildman–Crippen MR) is 111 cm³/mol. The van der Waals surface area contributed by atoms with E-state index in [4.69, 9.17) is 0 Å². The highest BCUT2D eigenvalue weighted by atomic mass is 32.2. The second kappa shape index (κ2) is 7.31. The van der Waals surface area contributed by atoms with Gasteiger partial charge in [0, 0.05) is 41.4 Å². The molecule has 0 atom stereocenters. The van der Waals surface area contributed by atoms with E-state index in [1.54, 1.807) is 24.3 Å². The van der Waals surface area contributed by atoms with Crippen LogP contribution in [0.5, 0.6) is 0 Å². The van der Waals surface area contributed by atoms with Crippen molar-refractivity contribution in [1.82, 2.24) is 9.88 Å². The Bertz CT molecular complexity index is 1110. The molecule has 1 aliphatic heterocycles. The number of carbonyl (C=O) groups excluding carboxylic acids is 1. The number of benzene rings is 2. The normalized spacial score (nSPS) is 15.7. The zero-order chi connectivity index (χ0) is 19.7. The van der Waals surface area contributed by atoms with Crippen molar-refractivity contribution >= 4 is 32.5 Å². The Hall–Kier alpha value is -2.80. The average Bonchev–Trinajstić information content (AvgIpc) is 3.10. The summed E-state index contributed by atoms with van der Waals surface area (Å²) in [5.74, 6) is 0.368. The van der Waals surface area contributed by atoms with Crippen LogP contribution < -0.4 is 4.72 Å². The van der Waals surface area contributed by atoms with Crippen LogP contribution in [0.2, 0.25) is 0 Å². The highest BCUT2D eigenvalue weighted by molar-refractivity contribution is 7.92. The zero-order valence-corrected chi connectivity index (χ0v) is 16.5. The molecule has 0 saturated carbocycles. The standard InChI is InChI=1S/C21H23N3O3S/c1-28(26,27)23-17-6-4-5-16(13-17)21(25)24-11-9-15(10-12-24)19-14-22-20-8-3-2-7-18(19)20/h2-8,13-15,22-23H,9-12H2,1H3. The Morgan fingerprint density at radius 3 is 2.61 bits per heavy atom. The lowest BCUT2D eigenvalue weighted by atomic mass is 9.89. The number of amides is 1. The molecule has 1 saturated heterocycles. The molecule has 6 nitrogen and oxygen atoms in total. The number of nitrogens with zero attached hydrogens (tertiary/aromatic N) is 1. The highest BCUT2D eigenvalue weighted by Crippen LogP contribution is 2.33. The van der Waals surface area contributed by atoms with E-state index in [1.807, 2.05) is 11.0 Å². The molecular weight excluding hydrogens is 374 g/mol. The minimum atomic E-state index is -3.37. The number of rotatable bonds is 4. The molecular formula is C21H23N3O3S. The van der Waals surface area contributed by atoms with E-state index < -0.39 is 10.0 Å². The van der Waals surface area contributed by atoms with Crippen LogP contribution in [0.25, 0.3) is 10.9 Å². The Labute approximate surface area is 164 Å². The summed E-state index contributed by atoms with van der Waals surface area (Å²) in [6, 6.07) is 14.9. The Kier molecular flexibility index (Phi) is 4.85. The van der Waals surface area contributed by atoms with Crippen LogP contribution in [0.4, 0.5) is 5.69 Å². The number of likely N-dealkylation sites (tertiary alicyclic amines) is 1. The second-order valence-corrected chi connectivity index (χ2v) is 9.06. The number of para-hydroxylation sites is 1. The first-order valence-electron chi connectivity index (χ1n) is 9.34. The number of hydrogen-bond donors (Lipinski definition) is 2. The molecule has 0 spiro atoms. The molecule has 1 aliphatic rings. The molecule has 0 aliphatic carbocycles.